The molecule has 0 unspecified atom stereocenters. The highest BCUT2D eigenvalue weighted by molar-refractivity contribution is 6.31. The van der Waals surface area contributed by atoms with Crippen molar-refractivity contribution in [3.8, 4) is 5.75 Å². The molecular weight excluding hydrogens is 316 g/mol. The second kappa shape index (κ2) is 9.71. The number of nitrogens with two attached hydrogens (primary N) is 1. The van der Waals surface area contributed by atoms with Crippen molar-refractivity contribution in [2.75, 3.05) is 26.4 Å². The van der Waals surface area contributed by atoms with Crippen LogP contribution in [0.5, 0.6) is 5.75 Å². The Kier molecular flexibility index (Phi) is 7.23. The van der Waals surface area contributed by atoms with Crippen molar-refractivity contribution in [2.45, 2.75) is 0 Å². The van der Waals surface area contributed by atoms with Crippen LogP contribution in [0.4, 0.5) is 0 Å². The minimum Gasteiger partial charge on any atom is -0.491 e. The van der Waals surface area contributed by atoms with Crippen LogP contribution in [0, 0.1) is 0 Å². The summed E-state index contributed by atoms with van der Waals surface area (Å²) >= 11 is 5.88. The number of benzene rings is 2. The first-order chi connectivity index (χ1) is 11.3. The van der Waals surface area contributed by atoms with Gasteiger partial charge in [-0.3, -0.25) is 0 Å². The molecule has 2 aromatic carbocycles. The van der Waals surface area contributed by atoms with E-state index in [1.807, 2.05) is 36.4 Å². The minimum absolute atomic E-state index is 0.278. The SMILES string of the molecule is N/C(=N/OCCOCCOc1ccccc1)c1cccc(Cl)c1. The van der Waals surface area contributed by atoms with E-state index in [-0.39, 0.29) is 5.84 Å². The van der Waals surface area contributed by atoms with Crippen LogP contribution in [0.15, 0.2) is 59.8 Å². The van der Waals surface area contributed by atoms with Crippen molar-refractivity contribution in [3.63, 3.8) is 0 Å². The Morgan fingerprint density at radius 3 is 2.52 bits per heavy atom. The average molecular weight is 335 g/mol. The fourth-order valence-corrected chi connectivity index (χ4v) is 1.94. The Labute approximate surface area is 140 Å². The number of rotatable bonds is 9. The molecular formula is C17H19ClN2O3. The smallest absolute Gasteiger partial charge is 0.170 e. The molecule has 0 aliphatic carbocycles. The summed E-state index contributed by atoms with van der Waals surface area (Å²) in [5.41, 5.74) is 6.51. The molecule has 23 heavy (non-hydrogen) atoms. The largest absolute Gasteiger partial charge is 0.491 e. The minimum atomic E-state index is 0.278. The normalized spacial score (nSPS) is 11.3. The second-order valence-corrected chi connectivity index (χ2v) is 5.03. The van der Waals surface area contributed by atoms with Crippen molar-refractivity contribution in [1.29, 1.82) is 0 Å². The van der Waals surface area contributed by atoms with Crippen LogP contribution in [0.2, 0.25) is 5.02 Å². The van der Waals surface area contributed by atoms with E-state index < -0.39 is 0 Å². The van der Waals surface area contributed by atoms with Gasteiger partial charge in [0.2, 0.25) is 0 Å². The second-order valence-electron chi connectivity index (χ2n) is 4.59. The lowest BCUT2D eigenvalue weighted by atomic mass is 10.2. The highest BCUT2D eigenvalue weighted by Crippen LogP contribution is 2.10. The molecule has 0 spiro atoms. The molecule has 0 atom stereocenters. The Morgan fingerprint density at radius 2 is 1.74 bits per heavy atom. The van der Waals surface area contributed by atoms with Crippen LogP contribution in [0.1, 0.15) is 5.56 Å². The molecule has 0 aromatic heterocycles. The zero-order chi connectivity index (χ0) is 16.3. The standard InChI is InChI=1S/C17H19ClN2O3/c18-15-6-4-5-14(13-15)17(19)20-23-12-10-21-9-11-22-16-7-2-1-3-8-16/h1-8,13H,9-12H2,(H2,19,20). The molecule has 2 N–H and O–H groups in total. The zero-order valence-corrected chi connectivity index (χ0v) is 13.4. The monoisotopic (exact) mass is 334 g/mol. The van der Waals surface area contributed by atoms with Crippen molar-refractivity contribution in [1.82, 2.24) is 0 Å². The van der Waals surface area contributed by atoms with Gasteiger partial charge in [0.05, 0.1) is 13.2 Å². The highest BCUT2D eigenvalue weighted by atomic mass is 35.5. The van der Waals surface area contributed by atoms with Crippen molar-refractivity contribution < 1.29 is 14.3 Å². The Morgan fingerprint density at radius 1 is 0.957 bits per heavy atom. The van der Waals surface area contributed by atoms with Gasteiger partial charge in [-0.15, -0.1) is 0 Å². The molecule has 0 aliphatic rings. The quantitative estimate of drug-likeness (QED) is 0.331. The van der Waals surface area contributed by atoms with Crippen LogP contribution in [-0.2, 0) is 9.57 Å². The van der Waals surface area contributed by atoms with Gasteiger partial charge in [-0.1, -0.05) is 47.1 Å². The van der Waals surface area contributed by atoms with Crippen LogP contribution in [-0.4, -0.2) is 32.3 Å². The number of hydrogen-bond donors (Lipinski definition) is 1. The summed E-state index contributed by atoms with van der Waals surface area (Å²) in [5.74, 6) is 1.10. The van der Waals surface area contributed by atoms with Crippen molar-refractivity contribution in [2.24, 2.45) is 10.9 Å². The summed E-state index contributed by atoms with van der Waals surface area (Å²) in [6.45, 7) is 1.68. The number of hydrogen-bond acceptors (Lipinski definition) is 4. The highest BCUT2D eigenvalue weighted by Gasteiger charge is 1.99. The maximum absolute atomic E-state index is 5.88. The molecule has 0 saturated heterocycles. The number of amidine groups is 1. The lowest BCUT2D eigenvalue weighted by Gasteiger charge is -2.07. The number of nitrogens with zero attached hydrogens (tertiary/aromatic N) is 1. The van der Waals surface area contributed by atoms with Gasteiger partial charge >= 0.3 is 0 Å². The Hall–Kier alpha value is -2.24. The van der Waals surface area contributed by atoms with Gasteiger partial charge in [-0.2, -0.15) is 0 Å². The lowest BCUT2D eigenvalue weighted by molar-refractivity contribution is 0.0386. The fourth-order valence-electron chi connectivity index (χ4n) is 1.75. The molecule has 2 rings (SSSR count). The third-order valence-electron chi connectivity index (χ3n) is 2.84. The summed E-state index contributed by atoms with van der Waals surface area (Å²) in [5, 5.41) is 4.42. The van der Waals surface area contributed by atoms with Gasteiger partial charge < -0.3 is 20.0 Å². The van der Waals surface area contributed by atoms with Gasteiger partial charge in [-0.05, 0) is 24.3 Å². The molecule has 0 radical (unpaired) electrons. The van der Waals surface area contributed by atoms with E-state index in [1.165, 1.54) is 0 Å². The molecule has 0 bridgehead atoms. The number of oxime groups is 1. The third-order valence-corrected chi connectivity index (χ3v) is 3.08. The van der Waals surface area contributed by atoms with Gasteiger partial charge in [0.1, 0.15) is 19.0 Å². The summed E-state index contributed by atoms with van der Waals surface area (Å²) in [4.78, 5) is 5.11. The van der Waals surface area contributed by atoms with E-state index in [1.54, 1.807) is 18.2 Å². The van der Waals surface area contributed by atoms with Gasteiger partial charge in [0.15, 0.2) is 5.84 Å². The van der Waals surface area contributed by atoms with E-state index in [0.717, 1.165) is 11.3 Å². The van der Waals surface area contributed by atoms with E-state index in [9.17, 15) is 0 Å². The molecule has 0 fully saturated rings. The van der Waals surface area contributed by atoms with Crippen molar-refractivity contribution >= 4 is 17.4 Å². The van der Waals surface area contributed by atoms with E-state index in [0.29, 0.717) is 31.5 Å². The zero-order valence-electron chi connectivity index (χ0n) is 12.7. The molecule has 0 amide bonds. The predicted molar refractivity (Wildman–Crippen MR) is 90.9 cm³/mol. The van der Waals surface area contributed by atoms with Crippen LogP contribution in [0.25, 0.3) is 0 Å². The van der Waals surface area contributed by atoms with Gasteiger partial charge in [0, 0.05) is 10.6 Å². The van der Waals surface area contributed by atoms with E-state index in [4.69, 9.17) is 31.6 Å². The first-order valence-electron chi connectivity index (χ1n) is 7.22. The average Bonchev–Trinajstić information content (AvgIpc) is 2.58. The number of para-hydroxylation sites is 1. The van der Waals surface area contributed by atoms with Crippen LogP contribution in [0.3, 0.4) is 0 Å². The maximum atomic E-state index is 5.88. The van der Waals surface area contributed by atoms with Crippen LogP contribution < -0.4 is 10.5 Å². The topological polar surface area (TPSA) is 66.1 Å². The number of ether oxygens (including phenoxy) is 2. The molecule has 122 valence electrons. The summed E-state index contributed by atoms with van der Waals surface area (Å²) in [6.07, 6.45) is 0. The number of halogens is 1. The predicted octanol–water partition coefficient (Wildman–Crippen LogP) is 3.07. The Bertz CT molecular complexity index is 620. The maximum Gasteiger partial charge on any atom is 0.170 e. The molecule has 6 heteroatoms. The van der Waals surface area contributed by atoms with Gasteiger partial charge in [0.25, 0.3) is 0 Å². The van der Waals surface area contributed by atoms with Gasteiger partial charge in [-0.25, -0.2) is 0 Å². The first-order valence-corrected chi connectivity index (χ1v) is 7.60. The molecule has 0 aliphatic heterocycles. The van der Waals surface area contributed by atoms with Crippen molar-refractivity contribution in [3.05, 3.63) is 65.2 Å². The first kappa shape index (κ1) is 17.1. The molecule has 5 nitrogen and oxygen atoms in total. The van der Waals surface area contributed by atoms with E-state index in [2.05, 4.69) is 5.16 Å². The molecule has 0 heterocycles. The van der Waals surface area contributed by atoms with Crippen LogP contribution >= 0.6 is 11.6 Å². The third kappa shape index (κ3) is 6.59. The lowest BCUT2D eigenvalue weighted by Crippen LogP contribution is -2.15. The Balaban J connectivity index is 1.56. The summed E-state index contributed by atoms with van der Waals surface area (Å²) in [7, 11) is 0. The fraction of sp³-hybridized carbons (Fsp3) is 0.235. The van der Waals surface area contributed by atoms with E-state index >= 15 is 0 Å². The molecule has 2 aromatic rings. The summed E-state index contributed by atoms with van der Waals surface area (Å²) < 4.78 is 10.9. The molecule has 0 saturated carbocycles. The summed E-state index contributed by atoms with van der Waals surface area (Å²) in [6, 6.07) is 16.7.